The van der Waals surface area contributed by atoms with Crippen LogP contribution in [0.25, 0.3) is 0 Å². The molecule has 4 rings (SSSR count). The molecule has 0 aliphatic carbocycles. The molecule has 1 aromatic heterocycles. The zero-order valence-electron chi connectivity index (χ0n) is 15.5. The summed E-state index contributed by atoms with van der Waals surface area (Å²) in [7, 11) is 0. The number of benzene rings is 2. The molecule has 0 fully saturated rings. The van der Waals surface area contributed by atoms with Gasteiger partial charge in [0, 0.05) is 17.7 Å². The van der Waals surface area contributed by atoms with Crippen molar-refractivity contribution in [3.8, 4) is 5.75 Å². The topological polar surface area (TPSA) is 69.5 Å². The number of nitrogens with one attached hydrogen (secondary N) is 2. The van der Waals surface area contributed by atoms with Gasteiger partial charge >= 0.3 is 0 Å². The van der Waals surface area contributed by atoms with Crippen LogP contribution in [0.4, 0.5) is 14.5 Å². The van der Waals surface area contributed by atoms with Crippen LogP contribution in [-0.4, -0.2) is 16.1 Å². The van der Waals surface area contributed by atoms with E-state index in [0.717, 1.165) is 4.90 Å². The van der Waals surface area contributed by atoms with Gasteiger partial charge in [-0.1, -0.05) is 25.1 Å². The van der Waals surface area contributed by atoms with Gasteiger partial charge in [-0.3, -0.25) is 9.71 Å². The Hall–Kier alpha value is -3.13. The second-order valence-corrected chi connectivity index (χ2v) is 7.39. The van der Waals surface area contributed by atoms with Gasteiger partial charge in [-0.25, -0.2) is 13.8 Å². The number of rotatable bonds is 4. The van der Waals surface area contributed by atoms with Gasteiger partial charge < -0.3 is 10.4 Å². The quantitative estimate of drug-likeness (QED) is 0.537. The van der Waals surface area contributed by atoms with Crippen molar-refractivity contribution in [3.63, 3.8) is 0 Å². The Morgan fingerprint density at radius 2 is 1.90 bits per heavy atom. The average Bonchev–Trinajstić information content (AvgIpc) is 2.73. The third kappa shape index (κ3) is 3.88. The summed E-state index contributed by atoms with van der Waals surface area (Å²) in [4.78, 5) is 9.18. The molecule has 0 bridgehead atoms. The minimum atomic E-state index is -0.424. The molecule has 29 heavy (non-hydrogen) atoms. The molecule has 1 aliphatic rings. The van der Waals surface area contributed by atoms with E-state index in [-0.39, 0.29) is 23.8 Å². The summed E-state index contributed by atoms with van der Waals surface area (Å²) in [5.74, 6) is -0.693. The normalized spacial score (nSPS) is 15.3. The monoisotopic (exact) mass is 412 g/mol. The number of nitrogens with zero attached hydrogens (tertiary/aromatic N) is 2. The van der Waals surface area contributed by atoms with Crippen molar-refractivity contribution < 1.29 is 13.9 Å². The number of fused-ring (bicyclic) bond motifs is 1. The number of phenols is 1. The maximum Gasteiger partial charge on any atom is 0.206 e. The van der Waals surface area contributed by atoms with E-state index in [1.807, 2.05) is 6.92 Å². The fourth-order valence-corrected chi connectivity index (χ4v) is 3.95. The van der Waals surface area contributed by atoms with Crippen LogP contribution >= 0.6 is 11.9 Å². The van der Waals surface area contributed by atoms with Crippen LogP contribution in [0.15, 0.2) is 64.6 Å². The number of aromatic nitrogens is 1. The summed E-state index contributed by atoms with van der Waals surface area (Å²) in [6.07, 6.45) is 1.51. The van der Waals surface area contributed by atoms with Gasteiger partial charge in [0.1, 0.15) is 17.4 Å². The van der Waals surface area contributed by atoms with Gasteiger partial charge in [0.05, 0.1) is 22.8 Å². The SMILES string of the molecule is CC(c1ccccc1F)c1c(O)ccc2c1NC(=NCc1ncccc1F)NS2. The maximum atomic E-state index is 14.3. The van der Waals surface area contributed by atoms with Crippen LogP contribution in [-0.2, 0) is 6.54 Å². The lowest BCUT2D eigenvalue weighted by molar-refractivity contribution is 0.465. The molecule has 0 saturated heterocycles. The number of aliphatic imine (C=N–C) groups is 1. The molecule has 0 spiro atoms. The van der Waals surface area contributed by atoms with Crippen molar-refractivity contribution in [1.82, 2.24) is 9.71 Å². The Labute approximate surface area is 171 Å². The van der Waals surface area contributed by atoms with Crippen molar-refractivity contribution in [3.05, 3.63) is 83.2 Å². The molecule has 0 saturated carbocycles. The molecule has 1 aliphatic heterocycles. The molecule has 2 heterocycles. The zero-order chi connectivity index (χ0) is 20.4. The lowest BCUT2D eigenvalue weighted by Gasteiger charge is -2.26. The molecular formula is C21H18F2N4OS. The van der Waals surface area contributed by atoms with Gasteiger partial charge in [0.25, 0.3) is 0 Å². The fraction of sp³-hybridized carbons (Fsp3) is 0.143. The molecule has 5 nitrogen and oxygen atoms in total. The Morgan fingerprint density at radius 3 is 2.69 bits per heavy atom. The summed E-state index contributed by atoms with van der Waals surface area (Å²) < 4.78 is 31.2. The van der Waals surface area contributed by atoms with Gasteiger partial charge in [-0.05, 0) is 47.8 Å². The third-order valence-electron chi connectivity index (χ3n) is 4.71. The number of aromatic hydroxyl groups is 1. The predicted molar refractivity (Wildman–Crippen MR) is 110 cm³/mol. The second-order valence-electron chi connectivity index (χ2n) is 6.54. The van der Waals surface area contributed by atoms with Crippen molar-refractivity contribution in [2.24, 2.45) is 4.99 Å². The molecule has 2 aromatic carbocycles. The fourth-order valence-electron chi connectivity index (χ4n) is 3.23. The number of halogens is 2. The number of anilines is 1. The predicted octanol–water partition coefficient (Wildman–Crippen LogP) is 4.80. The highest BCUT2D eigenvalue weighted by atomic mass is 32.2. The van der Waals surface area contributed by atoms with Gasteiger partial charge in [0.2, 0.25) is 5.96 Å². The standard InChI is InChI=1S/C21H18F2N4OS/c1-12(13-5-2-3-6-14(13)22)19-17(28)8-9-18-20(19)26-21(27-29-18)25-11-16-15(23)7-4-10-24-16/h2-10,12,28H,11H2,1H3,(H2,25,26,27). The van der Waals surface area contributed by atoms with E-state index in [4.69, 9.17) is 0 Å². The van der Waals surface area contributed by atoms with Crippen LogP contribution in [0, 0.1) is 11.6 Å². The van der Waals surface area contributed by atoms with Crippen molar-refractivity contribution in [2.75, 3.05) is 5.32 Å². The Morgan fingerprint density at radius 1 is 1.10 bits per heavy atom. The molecule has 3 aromatic rings. The van der Waals surface area contributed by atoms with E-state index in [2.05, 4.69) is 20.0 Å². The summed E-state index contributed by atoms with van der Waals surface area (Å²) in [6.45, 7) is 1.89. The number of guanidine groups is 1. The molecular weight excluding hydrogens is 394 g/mol. The Balaban J connectivity index is 1.67. The summed E-state index contributed by atoms with van der Waals surface area (Å²) in [5, 5.41) is 13.7. The van der Waals surface area contributed by atoms with Gasteiger partial charge in [0.15, 0.2) is 0 Å². The smallest absolute Gasteiger partial charge is 0.206 e. The number of phenolic OH excluding ortho intramolecular Hbond substituents is 1. The molecule has 148 valence electrons. The minimum absolute atomic E-state index is 0.0505. The summed E-state index contributed by atoms with van der Waals surface area (Å²) >= 11 is 1.31. The van der Waals surface area contributed by atoms with E-state index in [0.29, 0.717) is 22.8 Å². The van der Waals surface area contributed by atoms with Crippen LogP contribution in [0.1, 0.15) is 29.7 Å². The van der Waals surface area contributed by atoms with Crippen molar-refractivity contribution in [2.45, 2.75) is 24.3 Å². The zero-order valence-corrected chi connectivity index (χ0v) is 16.3. The van der Waals surface area contributed by atoms with Crippen LogP contribution in [0.5, 0.6) is 5.75 Å². The van der Waals surface area contributed by atoms with Gasteiger partial charge in [-0.15, -0.1) is 0 Å². The highest BCUT2D eigenvalue weighted by molar-refractivity contribution is 7.98. The number of hydrogen-bond acceptors (Lipinski definition) is 4. The minimum Gasteiger partial charge on any atom is -0.508 e. The average molecular weight is 412 g/mol. The lowest BCUT2D eigenvalue weighted by Crippen LogP contribution is -2.30. The molecule has 0 amide bonds. The van der Waals surface area contributed by atoms with Crippen LogP contribution in [0.3, 0.4) is 0 Å². The first kappa shape index (κ1) is 19.2. The van der Waals surface area contributed by atoms with Crippen molar-refractivity contribution in [1.29, 1.82) is 0 Å². The lowest BCUT2D eigenvalue weighted by atomic mass is 9.90. The van der Waals surface area contributed by atoms with E-state index in [9.17, 15) is 13.9 Å². The highest BCUT2D eigenvalue weighted by Gasteiger charge is 2.25. The van der Waals surface area contributed by atoms with Crippen LogP contribution < -0.4 is 10.0 Å². The number of pyridine rings is 1. The largest absolute Gasteiger partial charge is 0.508 e. The first-order chi connectivity index (χ1) is 14.0. The highest BCUT2D eigenvalue weighted by Crippen LogP contribution is 2.43. The molecule has 0 radical (unpaired) electrons. The van der Waals surface area contributed by atoms with E-state index >= 15 is 0 Å². The number of hydrogen-bond donors (Lipinski definition) is 3. The second kappa shape index (κ2) is 8.08. The Kier molecular flexibility index (Phi) is 5.35. The van der Waals surface area contributed by atoms with Gasteiger partial charge in [-0.2, -0.15) is 0 Å². The van der Waals surface area contributed by atoms with E-state index in [1.54, 1.807) is 30.3 Å². The molecule has 3 N–H and O–H groups in total. The van der Waals surface area contributed by atoms with E-state index < -0.39 is 11.7 Å². The van der Waals surface area contributed by atoms with E-state index in [1.165, 1.54) is 36.3 Å². The first-order valence-corrected chi connectivity index (χ1v) is 9.80. The summed E-state index contributed by atoms with van der Waals surface area (Å²) in [5.41, 5.74) is 1.92. The van der Waals surface area contributed by atoms with Crippen LogP contribution in [0.2, 0.25) is 0 Å². The maximum absolute atomic E-state index is 14.3. The Bertz CT molecular complexity index is 1090. The summed E-state index contributed by atoms with van der Waals surface area (Å²) in [6, 6.07) is 12.7. The molecule has 1 unspecified atom stereocenters. The van der Waals surface area contributed by atoms with Crippen molar-refractivity contribution >= 4 is 23.6 Å². The molecule has 8 heteroatoms. The molecule has 1 atom stereocenters. The first-order valence-electron chi connectivity index (χ1n) is 8.98. The third-order valence-corrected chi connectivity index (χ3v) is 5.57.